The van der Waals surface area contributed by atoms with Gasteiger partial charge in [0.2, 0.25) is 0 Å². The third-order valence-corrected chi connectivity index (χ3v) is 2.91. The molecule has 1 aliphatic heterocycles. The molecule has 19 heavy (non-hydrogen) atoms. The zero-order valence-corrected chi connectivity index (χ0v) is 10.5. The predicted octanol–water partition coefficient (Wildman–Crippen LogP) is 1.28. The van der Waals surface area contributed by atoms with Crippen LogP contribution in [0.25, 0.3) is 0 Å². The lowest BCUT2D eigenvalue weighted by Gasteiger charge is -2.14. The van der Waals surface area contributed by atoms with Crippen LogP contribution in [0, 0.1) is 0 Å². The zero-order valence-electron chi connectivity index (χ0n) is 10.5. The van der Waals surface area contributed by atoms with E-state index in [0.717, 1.165) is 37.5 Å². The van der Waals surface area contributed by atoms with Gasteiger partial charge in [-0.15, -0.1) is 10.2 Å². The van der Waals surface area contributed by atoms with Crippen molar-refractivity contribution in [1.29, 1.82) is 0 Å². The molecule has 0 aliphatic carbocycles. The van der Waals surface area contributed by atoms with Crippen molar-refractivity contribution in [3.05, 3.63) is 11.6 Å². The van der Waals surface area contributed by atoms with Gasteiger partial charge >= 0.3 is 6.18 Å². The Bertz CT molecular complexity index is 405. The molecule has 0 aromatic carbocycles. The first-order chi connectivity index (χ1) is 9.06. The monoisotopic (exact) mass is 278 g/mol. The maximum absolute atomic E-state index is 11.8. The van der Waals surface area contributed by atoms with Gasteiger partial charge in [-0.1, -0.05) is 0 Å². The zero-order chi connectivity index (χ0) is 13.7. The van der Waals surface area contributed by atoms with E-state index in [0.29, 0.717) is 13.1 Å². The van der Waals surface area contributed by atoms with Gasteiger partial charge in [-0.3, -0.25) is 0 Å². The van der Waals surface area contributed by atoms with Gasteiger partial charge in [0, 0.05) is 19.5 Å². The van der Waals surface area contributed by atoms with Crippen LogP contribution in [0.15, 0.2) is 0 Å². The number of rotatable bonds is 6. The van der Waals surface area contributed by atoms with Crippen molar-refractivity contribution < 1.29 is 17.9 Å². The predicted molar refractivity (Wildman–Crippen MR) is 61.5 cm³/mol. The number of hydrogen-bond donors (Lipinski definition) is 1. The third kappa shape index (κ3) is 4.46. The van der Waals surface area contributed by atoms with Crippen LogP contribution in [0.3, 0.4) is 0 Å². The molecule has 1 aromatic heterocycles. The summed E-state index contributed by atoms with van der Waals surface area (Å²) >= 11 is 0. The third-order valence-electron chi connectivity index (χ3n) is 2.91. The number of ether oxygens (including phenoxy) is 1. The summed E-state index contributed by atoms with van der Waals surface area (Å²) in [6, 6.07) is 0. The van der Waals surface area contributed by atoms with Crippen molar-refractivity contribution >= 4 is 0 Å². The van der Waals surface area contributed by atoms with Gasteiger partial charge in [-0.2, -0.15) is 13.2 Å². The van der Waals surface area contributed by atoms with Crippen LogP contribution in [0.2, 0.25) is 0 Å². The second-order valence-electron chi connectivity index (χ2n) is 4.49. The van der Waals surface area contributed by atoms with Crippen molar-refractivity contribution in [2.45, 2.75) is 38.5 Å². The van der Waals surface area contributed by atoms with E-state index in [9.17, 15) is 13.2 Å². The number of halogens is 3. The fourth-order valence-corrected chi connectivity index (χ4v) is 2.03. The van der Waals surface area contributed by atoms with E-state index in [1.165, 1.54) is 0 Å². The minimum absolute atomic E-state index is 0.0283. The van der Waals surface area contributed by atoms with Gasteiger partial charge < -0.3 is 14.6 Å². The molecule has 108 valence electrons. The Labute approximate surface area is 109 Å². The molecule has 0 saturated heterocycles. The highest BCUT2D eigenvalue weighted by molar-refractivity contribution is 4.98. The Hall–Kier alpha value is -1.15. The van der Waals surface area contributed by atoms with Gasteiger partial charge in [-0.25, -0.2) is 0 Å². The molecule has 8 heteroatoms. The van der Waals surface area contributed by atoms with Crippen LogP contribution >= 0.6 is 0 Å². The summed E-state index contributed by atoms with van der Waals surface area (Å²) in [7, 11) is 0. The highest BCUT2D eigenvalue weighted by Crippen LogP contribution is 2.14. The molecule has 0 amide bonds. The van der Waals surface area contributed by atoms with Crippen LogP contribution in [0.5, 0.6) is 0 Å². The van der Waals surface area contributed by atoms with Gasteiger partial charge in [0.05, 0.1) is 13.2 Å². The Kier molecular flexibility index (Phi) is 4.76. The van der Waals surface area contributed by atoms with Crippen LogP contribution < -0.4 is 5.32 Å². The van der Waals surface area contributed by atoms with Crippen molar-refractivity contribution in [2.75, 3.05) is 19.8 Å². The van der Waals surface area contributed by atoms with Crippen molar-refractivity contribution in [3.63, 3.8) is 0 Å². The average molecular weight is 278 g/mol. The van der Waals surface area contributed by atoms with Gasteiger partial charge in [0.15, 0.2) is 0 Å². The maximum atomic E-state index is 11.8. The van der Waals surface area contributed by atoms with E-state index < -0.39 is 12.8 Å². The van der Waals surface area contributed by atoms with E-state index in [1.807, 2.05) is 0 Å². The van der Waals surface area contributed by atoms with Crippen molar-refractivity contribution in [3.8, 4) is 0 Å². The number of aromatic nitrogens is 3. The quantitative estimate of drug-likeness (QED) is 0.797. The molecule has 1 aliphatic rings. The molecular weight excluding hydrogens is 261 g/mol. The molecule has 0 unspecified atom stereocenters. The Balaban J connectivity index is 1.65. The Morgan fingerprint density at radius 1 is 1.26 bits per heavy atom. The first-order valence-electron chi connectivity index (χ1n) is 6.32. The molecule has 0 spiro atoms. The van der Waals surface area contributed by atoms with Crippen molar-refractivity contribution in [1.82, 2.24) is 20.1 Å². The van der Waals surface area contributed by atoms with E-state index in [1.54, 1.807) is 0 Å². The standard InChI is InChI=1S/C11H17F3N4O/c12-11(13,14)8-19-6-4-15-7-10-17-16-9-3-1-2-5-18(9)10/h15H,1-8H2. The SMILES string of the molecule is FC(F)(F)COCCNCc1nnc2n1CCCC2. The highest BCUT2D eigenvalue weighted by Gasteiger charge is 2.27. The minimum atomic E-state index is -4.26. The maximum Gasteiger partial charge on any atom is 0.411 e. The molecule has 5 nitrogen and oxygen atoms in total. The lowest BCUT2D eigenvalue weighted by atomic mass is 10.2. The van der Waals surface area contributed by atoms with Crippen LogP contribution in [0.4, 0.5) is 13.2 Å². The molecule has 2 heterocycles. The molecule has 0 atom stereocenters. The number of aryl methyl sites for hydroxylation is 1. The Morgan fingerprint density at radius 2 is 2.11 bits per heavy atom. The summed E-state index contributed by atoms with van der Waals surface area (Å²) in [5, 5.41) is 11.2. The number of nitrogens with one attached hydrogen (secondary N) is 1. The second kappa shape index (κ2) is 6.33. The van der Waals surface area contributed by atoms with Crippen molar-refractivity contribution in [2.24, 2.45) is 0 Å². The Morgan fingerprint density at radius 3 is 2.89 bits per heavy atom. The topological polar surface area (TPSA) is 52.0 Å². The molecule has 0 radical (unpaired) electrons. The second-order valence-corrected chi connectivity index (χ2v) is 4.49. The first kappa shape index (κ1) is 14.3. The highest BCUT2D eigenvalue weighted by atomic mass is 19.4. The summed E-state index contributed by atoms with van der Waals surface area (Å²) in [6.45, 7) is 0.611. The molecular formula is C11H17F3N4O. The van der Waals surface area contributed by atoms with Gasteiger partial charge in [0.25, 0.3) is 0 Å². The fraction of sp³-hybridized carbons (Fsp3) is 0.818. The van der Waals surface area contributed by atoms with E-state index in [-0.39, 0.29) is 6.61 Å². The van der Waals surface area contributed by atoms with Crippen LogP contribution in [-0.4, -0.2) is 40.7 Å². The fourth-order valence-electron chi connectivity index (χ4n) is 2.03. The number of nitrogens with zero attached hydrogens (tertiary/aromatic N) is 3. The van der Waals surface area contributed by atoms with Crippen LogP contribution in [0.1, 0.15) is 24.5 Å². The average Bonchev–Trinajstić information content (AvgIpc) is 2.76. The number of hydrogen-bond acceptors (Lipinski definition) is 4. The van der Waals surface area contributed by atoms with Crippen LogP contribution in [-0.2, 0) is 24.2 Å². The van der Waals surface area contributed by atoms with Gasteiger partial charge in [0.1, 0.15) is 18.3 Å². The van der Waals surface area contributed by atoms with E-state index in [4.69, 9.17) is 0 Å². The van der Waals surface area contributed by atoms with Gasteiger partial charge in [-0.05, 0) is 12.8 Å². The first-order valence-corrected chi connectivity index (χ1v) is 6.32. The summed E-state index contributed by atoms with van der Waals surface area (Å²) in [6.07, 6.45) is -1.06. The normalized spacial score (nSPS) is 15.5. The number of fused-ring (bicyclic) bond motifs is 1. The summed E-state index contributed by atoms with van der Waals surface area (Å²) in [5.74, 6) is 1.84. The van der Waals surface area contributed by atoms with E-state index >= 15 is 0 Å². The molecule has 1 aromatic rings. The molecule has 0 saturated carbocycles. The largest absolute Gasteiger partial charge is 0.411 e. The van der Waals surface area contributed by atoms with E-state index in [2.05, 4.69) is 24.8 Å². The molecule has 0 fully saturated rings. The summed E-state index contributed by atoms with van der Waals surface area (Å²) in [5.41, 5.74) is 0. The number of alkyl halides is 3. The lowest BCUT2D eigenvalue weighted by Crippen LogP contribution is -2.25. The molecule has 2 rings (SSSR count). The minimum Gasteiger partial charge on any atom is -0.371 e. The smallest absolute Gasteiger partial charge is 0.371 e. The summed E-state index contributed by atoms with van der Waals surface area (Å²) < 4.78 is 42.0. The summed E-state index contributed by atoms with van der Waals surface area (Å²) in [4.78, 5) is 0. The molecule has 1 N–H and O–H groups in total. The molecule has 0 bridgehead atoms. The lowest BCUT2D eigenvalue weighted by molar-refractivity contribution is -0.173.